The van der Waals surface area contributed by atoms with E-state index in [2.05, 4.69) is 30.2 Å². The van der Waals surface area contributed by atoms with Crippen molar-refractivity contribution in [2.75, 3.05) is 37.6 Å². The van der Waals surface area contributed by atoms with Crippen LogP contribution in [0, 0.1) is 13.8 Å². The van der Waals surface area contributed by atoms with Gasteiger partial charge in [0.05, 0.1) is 11.1 Å². The van der Waals surface area contributed by atoms with Gasteiger partial charge in [-0.15, -0.1) is 0 Å². The van der Waals surface area contributed by atoms with Crippen molar-refractivity contribution in [3.05, 3.63) is 11.5 Å². The van der Waals surface area contributed by atoms with Gasteiger partial charge in [-0.25, -0.2) is 9.97 Å². The molecule has 1 atom stereocenters. The normalized spacial score (nSPS) is 22.3. The number of fused-ring (bicyclic) bond motifs is 2. The number of aryl methyl sites for hydroxylation is 3. The second-order valence-electron chi connectivity index (χ2n) is 6.29. The van der Waals surface area contributed by atoms with E-state index < -0.39 is 0 Å². The summed E-state index contributed by atoms with van der Waals surface area (Å²) in [6.45, 7) is 7.95. The number of rotatable bonds is 1. The highest BCUT2D eigenvalue weighted by molar-refractivity contribution is 5.91. The van der Waals surface area contributed by atoms with Crippen LogP contribution < -0.4 is 10.2 Å². The molecule has 122 valence electrons. The number of hydrogen-bond acceptors (Lipinski definition) is 6. The van der Waals surface area contributed by atoms with Crippen LogP contribution in [-0.4, -0.2) is 69.3 Å². The van der Waals surface area contributed by atoms with E-state index in [0.29, 0.717) is 6.54 Å². The van der Waals surface area contributed by atoms with E-state index in [4.69, 9.17) is 0 Å². The predicted molar refractivity (Wildman–Crippen MR) is 86.4 cm³/mol. The summed E-state index contributed by atoms with van der Waals surface area (Å²) < 4.78 is 1.80. The van der Waals surface area contributed by atoms with Crippen LogP contribution in [0.15, 0.2) is 0 Å². The molecule has 2 aliphatic rings. The van der Waals surface area contributed by atoms with E-state index in [-0.39, 0.29) is 11.9 Å². The van der Waals surface area contributed by atoms with Gasteiger partial charge in [0.25, 0.3) is 0 Å². The van der Waals surface area contributed by atoms with Crippen molar-refractivity contribution in [1.29, 1.82) is 0 Å². The zero-order valence-electron chi connectivity index (χ0n) is 13.7. The molecule has 2 aromatic rings. The summed E-state index contributed by atoms with van der Waals surface area (Å²) in [5.74, 6) is 1.74. The first-order valence-corrected chi connectivity index (χ1v) is 7.99. The molecule has 2 fully saturated rings. The molecule has 1 N–H and O–H groups in total. The molecule has 0 saturated carbocycles. The van der Waals surface area contributed by atoms with E-state index in [9.17, 15) is 4.79 Å². The van der Waals surface area contributed by atoms with Crippen LogP contribution in [-0.2, 0) is 11.8 Å². The van der Waals surface area contributed by atoms with E-state index in [1.54, 1.807) is 4.68 Å². The highest BCUT2D eigenvalue weighted by atomic mass is 16.2. The molecule has 0 radical (unpaired) electrons. The lowest BCUT2D eigenvalue weighted by atomic mass is 10.1. The maximum atomic E-state index is 12.2. The first-order valence-electron chi connectivity index (χ1n) is 7.99. The van der Waals surface area contributed by atoms with Gasteiger partial charge in [-0.1, -0.05) is 0 Å². The van der Waals surface area contributed by atoms with Gasteiger partial charge in [0.2, 0.25) is 5.91 Å². The Labute approximate surface area is 134 Å². The fraction of sp³-hybridized carbons (Fsp3) is 0.600. The van der Waals surface area contributed by atoms with Crippen LogP contribution in [0.4, 0.5) is 5.82 Å². The molecule has 0 bridgehead atoms. The summed E-state index contributed by atoms with van der Waals surface area (Å²) >= 11 is 0. The Morgan fingerprint density at radius 3 is 2.83 bits per heavy atom. The number of hydrogen-bond donors (Lipinski definition) is 1. The minimum atomic E-state index is -0.0974. The first-order chi connectivity index (χ1) is 11.0. The molecular weight excluding hydrogens is 294 g/mol. The Morgan fingerprint density at radius 1 is 1.17 bits per heavy atom. The Kier molecular flexibility index (Phi) is 3.22. The molecule has 8 nitrogen and oxygen atoms in total. The SMILES string of the molecule is Cc1nc(N2CCN3CCNC(=O)[C@H]3C2)c2c(C)nn(C)c2n1. The minimum Gasteiger partial charge on any atom is -0.353 e. The van der Waals surface area contributed by atoms with Crippen molar-refractivity contribution in [3.8, 4) is 0 Å². The van der Waals surface area contributed by atoms with Crippen LogP contribution in [0.3, 0.4) is 0 Å². The standard InChI is InChI=1S/C15H21N7O/c1-9-12-13(20(3)19-9)17-10(2)18-14(12)22-7-6-21-5-4-16-15(23)11(21)8-22/h11H,4-8H2,1-3H3,(H,16,23)/t11-/m1/s1. The molecule has 2 aliphatic heterocycles. The van der Waals surface area contributed by atoms with Gasteiger partial charge in [0, 0.05) is 39.8 Å². The lowest BCUT2D eigenvalue weighted by molar-refractivity contribution is -0.129. The number of carbonyl (C=O) groups is 1. The zero-order valence-corrected chi connectivity index (χ0v) is 13.7. The number of nitrogens with zero attached hydrogens (tertiary/aromatic N) is 6. The molecule has 23 heavy (non-hydrogen) atoms. The summed E-state index contributed by atoms with van der Waals surface area (Å²) in [5, 5.41) is 8.43. The predicted octanol–water partition coefficient (Wildman–Crippen LogP) is -0.399. The van der Waals surface area contributed by atoms with Gasteiger partial charge in [-0.3, -0.25) is 14.4 Å². The lowest BCUT2D eigenvalue weighted by Gasteiger charge is -2.43. The van der Waals surface area contributed by atoms with Crippen LogP contribution in [0.1, 0.15) is 11.5 Å². The van der Waals surface area contributed by atoms with Gasteiger partial charge >= 0.3 is 0 Å². The third kappa shape index (κ3) is 2.24. The van der Waals surface area contributed by atoms with E-state index in [0.717, 1.165) is 54.5 Å². The smallest absolute Gasteiger partial charge is 0.239 e. The average molecular weight is 315 g/mol. The highest BCUT2D eigenvalue weighted by Gasteiger charge is 2.36. The Bertz CT molecular complexity index is 784. The van der Waals surface area contributed by atoms with Crippen molar-refractivity contribution in [2.24, 2.45) is 7.05 Å². The molecule has 2 saturated heterocycles. The second kappa shape index (κ2) is 5.16. The minimum absolute atomic E-state index is 0.0974. The van der Waals surface area contributed by atoms with E-state index in [1.807, 2.05) is 20.9 Å². The summed E-state index contributed by atoms with van der Waals surface area (Å²) in [6, 6.07) is -0.0974. The molecule has 0 aliphatic carbocycles. The topological polar surface area (TPSA) is 79.2 Å². The fourth-order valence-corrected chi connectivity index (χ4v) is 3.62. The fourth-order valence-electron chi connectivity index (χ4n) is 3.62. The van der Waals surface area contributed by atoms with E-state index in [1.165, 1.54) is 0 Å². The summed E-state index contributed by atoms with van der Waals surface area (Å²) in [4.78, 5) is 25.8. The van der Waals surface area contributed by atoms with Crippen LogP contribution in [0.5, 0.6) is 0 Å². The maximum Gasteiger partial charge on any atom is 0.239 e. The van der Waals surface area contributed by atoms with Crippen molar-refractivity contribution in [3.63, 3.8) is 0 Å². The molecule has 4 rings (SSSR count). The van der Waals surface area contributed by atoms with Crippen molar-refractivity contribution in [2.45, 2.75) is 19.9 Å². The van der Waals surface area contributed by atoms with Crippen LogP contribution in [0.25, 0.3) is 11.0 Å². The quantitative estimate of drug-likeness (QED) is 0.771. The summed E-state index contributed by atoms with van der Waals surface area (Å²) in [7, 11) is 1.90. The lowest BCUT2D eigenvalue weighted by Crippen LogP contribution is -2.64. The van der Waals surface area contributed by atoms with Gasteiger partial charge in [-0.2, -0.15) is 5.10 Å². The third-order valence-electron chi connectivity index (χ3n) is 4.74. The molecule has 0 unspecified atom stereocenters. The molecular formula is C15H21N7O. The molecule has 1 amide bonds. The summed E-state index contributed by atoms with van der Waals surface area (Å²) in [6.07, 6.45) is 0. The molecule has 0 aromatic carbocycles. The zero-order chi connectivity index (χ0) is 16.1. The first kappa shape index (κ1) is 14.4. The average Bonchev–Trinajstić information content (AvgIpc) is 2.81. The van der Waals surface area contributed by atoms with Crippen molar-refractivity contribution in [1.82, 2.24) is 30.0 Å². The number of anilines is 1. The second-order valence-corrected chi connectivity index (χ2v) is 6.29. The number of piperazine rings is 2. The highest BCUT2D eigenvalue weighted by Crippen LogP contribution is 2.28. The molecule has 4 heterocycles. The number of amides is 1. The Balaban J connectivity index is 1.76. The van der Waals surface area contributed by atoms with Gasteiger partial charge in [-0.05, 0) is 13.8 Å². The number of nitrogens with one attached hydrogen (secondary N) is 1. The molecule has 8 heteroatoms. The van der Waals surface area contributed by atoms with Gasteiger partial charge in [0.1, 0.15) is 17.7 Å². The van der Waals surface area contributed by atoms with Crippen LogP contribution >= 0.6 is 0 Å². The summed E-state index contributed by atoms with van der Waals surface area (Å²) in [5.41, 5.74) is 1.77. The van der Waals surface area contributed by atoms with Gasteiger partial charge < -0.3 is 10.2 Å². The van der Waals surface area contributed by atoms with Crippen LogP contribution in [0.2, 0.25) is 0 Å². The number of carbonyl (C=O) groups excluding carboxylic acids is 1. The maximum absolute atomic E-state index is 12.2. The van der Waals surface area contributed by atoms with Crippen molar-refractivity contribution < 1.29 is 4.79 Å². The molecule has 0 spiro atoms. The Hall–Kier alpha value is -2.22. The largest absolute Gasteiger partial charge is 0.353 e. The van der Waals surface area contributed by atoms with Crippen molar-refractivity contribution >= 4 is 22.8 Å². The monoisotopic (exact) mass is 315 g/mol. The molecule has 2 aromatic heterocycles. The van der Waals surface area contributed by atoms with E-state index >= 15 is 0 Å². The number of aromatic nitrogens is 4. The Morgan fingerprint density at radius 2 is 2.00 bits per heavy atom. The van der Waals surface area contributed by atoms with Gasteiger partial charge in [0.15, 0.2) is 5.65 Å². The third-order valence-corrected chi connectivity index (χ3v) is 4.74.